The Labute approximate surface area is 157 Å². The molecule has 1 unspecified atom stereocenters. The van der Waals surface area contributed by atoms with E-state index in [1.54, 1.807) is 23.7 Å². The first-order chi connectivity index (χ1) is 13.1. The molecule has 0 aliphatic rings. The Morgan fingerprint density at radius 3 is 2.33 bits per heavy atom. The lowest BCUT2D eigenvalue weighted by Gasteiger charge is -2.17. The van der Waals surface area contributed by atoms with Crippen molar-refractivity contribution in [1.82, 2.24) is 15.1 Å². The Hall–Kier alpha value is -3.41. The molecule has 0 bridgehead atoms. The van der Waals surface area contributed by atoms with Gasteiger partial charge in [0.05, 0.1) is 29.7 Å². The molecule has 0 spiro atoms. The summed E-state index contributed by atoms with van der Waals surface area (Å²) in [5, 5.41) is 7.08. The minimum Gasteiger partial charge on any atom is -0.464 e. The second kappa shape index (κ2) is 8.31. The van der Waals surface area contributed by atoms with Crippen LogP contribution in [0.1, 0.15) is 34.6 Å². The first-order valence-electron chi connectivity index (χ1n) is 8.74. The van der Waals surface area contributed by atoms with Crippen LogP contribution in [0, 0.1) is 6.92 Å². The minimum atomic E-state index is -0.877. The predicted octanol–water partition coefficient (Wildman–Crippen LogP) is 3.21. The van der Waals surface area contributed by atoms with Crippen LogP contribution in [0.5, 0.6) is 0 Å². The summed E-state index contributed by atoms with van der Waals surface area (Å²) < 4.78 is 6.82. The van der Waals surface area contributed by atoms with Gasteiger partial charge >= 0.3 is 5.97 Å². The summed E-state index contributed by atoms with van der Waals surface area (Å²) in [6, 6.07) is 17.7. The van der Waals surface area contributed by atoms with Crippen LogP contribution < -0.4 is 5.32 Å². The van der Waals surface area contributed by atoms with Crippen molar-refractivity contribution in [3.8, 4) is 5.69 Å². The zero-order valence-electron chi connectivity index (χ0n) is 15.3. The molecule has 6 nitrogen and oxygen atoms in total. The zero-order chi connectivity index (χ0) is 19.2. The molecule has 0 aliphatic carbocycles. The summed E-state index contributed by atoms with van der Waals surface area (Å²) in [5.41, 5.74) is 2.62. The number of benzene rings is 2. The van der Waals surface area contributed by atoms with Crippen LogP contribution in [0.25, 0.3) is 5.69 Å². The van der Waals surface area contributed by atoms with Crippen LogP contribution >= 0.6 is 0 Å². The molecule has 0 saturated carbocycles. The Bertz CT molecular complexity index is 920. The lowest BCUT2D eigenvalue weighted by atomic mass is 10.1. The number of nitrogens with zero attached hydrogens (tertiary/aromatic N) is 2. The number of carbonyl (C=O) groups excluding carboxylic acids is 2. The van der Waals surface area contributed by atoms with Gasteiger partial charge in [-0.3, -0.25) is 4.79 Å². The highest BCUT2D eigenvalue weighted by atomic mass is 16.5. The first kappa shape index (κ1) is 18.4. The van der Waals surface area contributed by atoms with Gasteiger partial charge in [-0.05, 0) is 31.5 Å². The van der Waals surface area contributed by atoms with Gasteiger partial charge in [0.25, 0.3) is 5.91 Å². The Balaban J connectivity index is 1.86. The molecule has 1 N–H and O–H groups in total. The van der Waals surface area contributed by atoms with Crippen molar-refractivity contribution in [3.05, 3.63) is 83.7 Å². The number of ether oxygens (including phenoxy) is 1. The maximum Gasteiger partial charge on any atom is 0.333 e. The number of hydrogen-bond acceptors (Lipinski definition) is 4. The molecule has 1 amide bonds. The topological polar surface area (TPSA) is 73.2 Å². The van der Waals surface area contributed by atoms with Crippen LogP contribution in [0.3, 0.4) is 0 Å². The number of carbonyl (C=O) groups is 2. The molecular weight excluding hydrogens is 342 g/mol. The smallest absolute Gasteiger partial charge is 0.333 e. The van der Waals surface area contributed by atoms with E-state index < -0.39 is 12.0 Å². The van der Waals surface area contributed by atoms with E-state index in [-0.39, 0.29) is 12.5 Å². The number of para-hydroxylation sites is 1. The number of aromatic nitrogens is 2. The molecule has 138 valence electrons. The van der Waals surface area contributed by atoms with Crippen molar-refractivity contribution in [2.75, 3.05) is 6.61 Å². The number of nitrogens with one attached hydrogen (secondary N) is 1. The van der Waals surface area contributed by atoms with Crippen molar-refractivity contribution < 1.29 is 14.3 Å². The van der Waals surface area contributed by atoms with Crippen molar-refractivity contribution in [2.45, 2.75) is 19.9 Å². The molecule has 1 heterocycles. The SMILES string of the molecule is CCOC(=O)C(NC(=O)c1cnn(-c2ccccc2)c1C)c1ccccc1. The lowest BCUT2D eigenvalue weighted by Crippen LogP contribution is -2.35. The summed E-state index contributed by atoms with van der Waals surface area (Å²) in [6.45, 7) is 3.79. The molecule has 0 aliphatic heterocycles. The Morgan fingerprint density at radius 1 is 1.07 bits per heavy atom. The van der Waals surface area contributed by atoms with Crippen LogP contribution in [0.4, 0.5) is 0 Å². The van der Waals surface area contributed by atoms with Gasteiger partial charge in [0.2, 0.25) is 0 Å². The van der Waals surface area contributed by atoms with Gasteiger partial charge in [-0.25, -0.2) is 9.48 Å². The monoisotopic (exact) mass is 363 g/mol. The number of amides is 1. The largest absolute Gasteiger partial charge is 0.464 e. The quantitative estimate of drug-likeness (QED) is 0.683. The fourth-order valence-electron chi connectivity index (χ4n) is 2.82. The molecule has 0 radical (unpaired) electrons. The third-order valence-electron chi connectivity index (χ3n) is 4.19. The average molecular weight is 363 g/mol. The van der Waals surface area contributed by atoms with E-state index in [4.69, 9.17) is 4.74 Å². The molecule has 1 atom stereocenters. The van der Waals surface area contributed by atoms with Gasteiger partial charge in [-0.15, -0.1) is 0 Å². The Morgan fingerprint density at radius 2 is 1.70 bits per heavy atom. The van der Waals surface area contributed by atoms with Gasteiger partial charge < -0.3 is 10.1 Å². The van der Waals surface area contributed by atoms with E-state index in [2.05, 4.69) is 10.4 Å². The molecule has 1 aromatic heterocycles. The standard InChI is InChI=1S/C21H21N3O3/c1-3-27-21(26)19(16-10-6-4-7-11-16)23-20(25)18-14-22-24(15(18)2)17-12-8-5-9-13-17/h4-14,19H,3H2,1-2H3,(H,23,25). The number of rotatable bonds is 6. The highest BCUT2D eigenvalue weighted by Crippen LogP contribution is 2.18. The van der Waals surface area contributed by atoms with Crippen LogP contribution in [0.15, 0.2) is 66.9 Å². The van der Waals surface area contributed by atoms with Crippen molar-refractivity contribution >= 4 is 11.9 Å². The van der Waals surface area contributed by atoms with E-state index >= 15 is 0 Å². The van der Waals surface area contributed by atoms with Crippen LogP contribution in [-0.4, -0.2) is 28.3 Å². The summed E-state index contributed by atoms with van der Waals surface area (Å²) >= 11 is 0. The normalized spacial score (nSPS) is 11.6. The fourth-order valence-corrected chi connectivity index (χ4v) is 2.82. The fraction of sp³-hybridized carbons (Fsp3) is 0.190. The van der Waals surface area contributed by atoms with Gasteiger partial charge in [0, 0.05) is 0 Å². The van der Waals surface area contributed by atoms with Gasteiger partial charge in [-0.2, -0.15) is 5.10 Å². The molecule has 27 heavy (non-hydrogen) atoms. The molecule has 2 aromatic carbocycles. The Kier molecular flexibility index (Phi) is 5.66. The molecule has 3 rings (SSSR count). The summed E-state index contributed by atoms with van der Waals surface area (Å²) in [4.78, 5) is 25.2. The van der Waals surface area contributed by atoms with Crippen LogP contribution in [0.2, 0.25) is 0 Å². The highest BCUT2D eigenvalue weighted by molar-refractivity contribution is 5.97. The summed E-state index contributed by atoms with van der Waals surface area (Å²) in [7, 11) is 0. The second-order valence-corrected chi connectivity index (χ2v) is 5.96. The van der Waals surface area contributed by atoms with Crippen molar-refractivity contribution in [3.63, 3.8) is 0 Å². The maximum atomic E-state index is 12.8. The summed E-state index contributed by atoms with van der Waals surface area (Å²) in [6.07, 6.45) is 1.50. The summed E-state index contributed by atoms with van der Waals surface area (Å²) in [5.74, 6) is -0.873. The number of hydrogen-bond donors (Lipinski definition) is 1. The average Bonchev–Trinajstić information content (AvgIpc) is 3.09. The lowest BCUT2D eigenvalue weighted by molar-refractivity contribution is -0.145. The third-order valence-corrected chi connectivity index (χ3v) is 4.19. The van der Waals surface area contributed by atoms with E-state index in [1.807, 2.05) is 55.5 Å². The van der Waals surface area contributed by atoms with Crippen LogP contribution in [-0.2, 0) is 9.53 Å². The second-order valence-electron chi connectivity index (χ2n) is 5.96. The van der Waals surface area contributed by atoms with Crippen molar-refractivity contribution in [2.24, 2.45) is 0 Å². The maximum absolute atomic E-state index is 12.8. The molecule has 0 fully saturated rings. The minimum absolute atomic E-state index is 0.239. The molecular formula is C21H21N3O3. The zero-order valence-corrected chi connectivity index (χ0v) is 15.3. The number of esters is 1. The molecule has 3 aromatic rings. The van der Waals surface area contributed by atoms with Crippen molar-refractivity contribution in [1.29, 1.82) is 0 Å². The van der Waals surface area contributed by atoms with E-state index in [0.717, 1.165) is 5.69 Å². The molecule has 6 heteroatoms. The first-order valence-corrected chi connectivity index (χ1v) is 8.74. The van der Waals surface area contributed by atoms with E-state index in [9.17, 15) is 9.59 Å². The predicted molar refractivity (Wildman–Crippen MR) is 102 cm³/mol. The highest BCUT2D eigenvalue weighted by Gasteiger charge is 2.26. The molecule has 0 saturated heterocycles. The van der Waals surface area contributed by atoms with Gasteiger partial charge in [0.1, 0.15) is 0 Å². The van der Waals surface area contributed by atoms with E-state index in [1.165, 1.54) is 6.20 Å². The van der Waals surface area contributed by atoms with Gasteiger partial charge in [-0.1, -0.05) is 48.5 Å². The van der Waals surface area contributed by atoms with Gasteiger partial charge in [0.15, 0.2) is 6.04 Å². The van der Waals surface area contributed by atoms with E-state index in [0.29, 0.717) is 16.8 Å². The third kappa shape index (κ3) is 4.06.